The van der Waals surface area contributed by atoms with Gasteiger partial charge in [0, 0.05) is 10.7 Å². The molecule has 0 bridgehead atoms. The van der Waals surface area contributed by atoms with E-state index in [1.807, 2.05) is 0 Å². The van der Waals surface area contributed by atoms with Crippen molar-refractivity contribution in [3.63, 3.8) is 0 Å². The van der Waals surface area contributed by atoms with Crippen LogP contribution in [0.5, 0.6) is 0 Å². The zero-order valence-corrected chi connectivity index (χ0v) is 15.4. The minimum Gasteiger partial charge on any atom is -0.167 e. The lowest BCUT2D eigenvalue weighted by Crippen LogP contribution is -2.18. The summed E-state index contributed by atoms with van der Waals surface area (Å²) in [7, 11) is -3.66. The average molecular weight is 513 g/mol. The van der Waals surface area contributed by atoms with Gasteiger partial charge in [0.25, 0.3) is 0 Å². The van der Waals surface area contributed by atoms with Gasteiger partial charge in [-0.05, 0) is 0 Å². The molecule has 2 atom stereocenters. The van der Waals surface area contributed by atoms with Crippen LogP contribution in [-0.4, -0.2) is 33.5 Å². The first-order valence-electron chi connectivity index (χ1n) is 4.15. The number of hydrogen-bond donors (Lipinski definition) is 1. The van der Waals surface area contributed by atoms with Crippen molar-refractivity contribution in [3.05, 3.63) is 0 Å². The number of alkyl halides is 4. The van der Waals surface area contributed by atoms with Crippen LogP contribution in [0.4, 0.5) is 0 Å². The highest BCUT2D eigenvalue weighted by molar-refractivity contribution is 9.12. The van der Waals surface area contributed by atoms with Gasteiger partial charge in [-0.15, -0.1) is 9.05 Å². The molecule has 0 rings (SSSR count). The van der Waals surface area contributed by atoms with Crippen molar-refractivity contribution < 1.29 is 18.6 Å². The summed E-state index contributed by atoms with van der Waals surface area (Å²) >= 11 is 13.1. The van der Waals surface area contributed by atoms with E-state index in [1.165, 1.54) is 0 Å². The third kappa shape index (κ3) is 8.29. The maximum Gasteiger partial charge on any atom is 0.628 e. The smallest absolute Gasteiger partial charge is 0.167 e. The molecule has 2 unspecified atom stereocenters. The average Bonchev–Trinajstić information content (AvgIpc) is 2.32. The van der Waals surface area contributed by atoms with Gasteiger partial charge in [-0.1, -0.05) is 68.3 Å². The first kappa shape index (κ1) is 18.1. The van der Waals surface area contributed by atoms with Gasteiger partial charge >= 0.3 is 8.17 Å². The molecule has 0 aromatic carbocycles. The van der Waals surface area contributed by atoms with Crippen molar-refractivity contribution in [1.29, 1.82) is 0 Å². The normalized spacial score (nSPS) is 19.1. The fraction of sp³-hybridized carbons (Fsp3) is 1.00. The molecule has 1 radical (unpaired) electrons. The summed E-state index contributed by atoms with van der Waals surface area (Å²) in [5.74, 6) is 4.90. The van der Waals surface area contributed by atoms with Crippen molar-refractivity contribution in [2.45, 2.75) is 9.65 Å². The Labute approximate surface area is 129 Å². The van der Waals surface area contributed by atoms with E-state index in [0.29, 0.717) is 10.7 Å². The molecule has 97 valence electrons. The highest BCUT2D eigenvalue weighted by Crippen LogP contribution is 2.58. The Kier molecular flexibility index (Phi) is 11.3. The second-order valence-corrected chi connectivity index (χ2v) is 8.15. The van der Waals surface area contributed by atoms with E-state index in [0.717, 1.165) is 0 Å². The van der Waals surface area contributed by atoms with Crippen LogP contribution in [0.1, 0.15) is 0 Å². The number of hydrogen-bond acceptors (Lipinski definition) is 4. The van der Waals surface area contributed by atoms with Crippen molar-refractivity contribution in [2.75, 3.05) is 23.9 Å². The summed E-state index contributed by atoms with van der Waals surface area (Å²) in [6, 6.07) is 0. The minimum absolute atomic E-state index is 0.00974. The third-order valence-corrected chi connectivity index (χ3v) is 6.96. The van der Waals surface area contributed by atoms with Gasteiger partial charge < -0.3 is 0 Å². The SMILES string of the molecule is NO[P+]([O])(OCC(Br)CBr)OCC(Br)CBr. The highest BCUT2D eigenvalue weighted by atomic mass is 79.9. The van der Waals surface area contributed by atoms with Crippen molar-refractivity contribution in [1.82, 2.24) is 0 Å². The van der Waals surface area contributed by atoms with Gasteiger partial charge in [0.05, 0.1) is 14.5 Å². The van der Waals surface area contributed by atoms with Crippen LogP contribution < -0.4 is 5.90 Å². The van der Waals surface area contributed by atoms with Gasteiger partial charge in [0.1, 0.15) is 13.2 Å². The van der Waals surface area contributed by atoms with Crippen LogP contribution in [0.15, 0.2) is 0 Å². The summed E-state index contributed by atoms with van der Waals surface area (Å²) in [6.07, 6.45) is 0. The molecule has 5 nitrogen and oxygen atoms in total. The molecule has 0 aliphatic carbocycles. The Morgan fingerprint density at radius 3 is 1.69 bits per heavy atom. The molecule has 2 N–H and O–H groups in total. The summed E-state index contributed by atoms with van der Waals surface area (Å²) in [5.41, 5.74) is 0. The van der Waals surface area contributed by atoms with Crippen LogP contribution in [0.25, 0.3) is 0 Å². The molecule has 0 saturated heterocycles. The van der Waals surface area contributed by atoms with E-state index in [-0.39, 0.29) is 22.9 Å². The van der Waals surface area contributed by atoms with Gasteiger partial charge in [0.2, 0.25) is 0 Å². The number of nitrogens with two attached hydrogens (primary N) is 1. The lowest BCUT2D eigenvalue weighted by Gasteiger charge is -2.12. The second-order valence-electron chi connectivity index (χ2n) is 2.65. The zero-order chi connectivity index (χ0) is 12.6. The number of halogens is 4. The van der Waals surface area contributed by atoms with E-state index in [2.05, 4.69) is 68.3 Å². The van der Waals surface area contributed by atoms with Crippen LogP contribution in [-0.2, 0) is 18.6 Å². The molecule has 0 amide bonds. The molecule has 0 heterocycles. The Bertz CT molecular complexity index is 178. The Morgan fingerprint density at radius 2 is 1.44 bits per heavy atom. The molecule has 0 spiro atoms. The molecular weight excluding hydrogens is 501 g/mol. The van der Waals surface area contributed by atoms with E-state index in [9.17, 15) is 4.89 Å². The lowest BCUT2D eigenvalue weighted by atomic mass is 10.5. The second kappa shape index (κ2) is 10.00. The monoisotopic (exact) mass is 509 g/mol. The molecule has 0 fully saturated rings. The maximum atomic E-state index is 11.8. The first-order chi connectivity index (χ1) is 7.47. The van der Waals surface area contributed by atoms with Crippen LogP contribution in [0, 0.1) is 0 Å². The van der Waals surface area contributed by atoms with Gasteiger partial charge in [-0.3, -0.25) is 0 Å². The minimum atomic E-state index is -3.66. The predicted octanol–water partition coefficient (Wildman–Crippen LogP) is 3.33. The quantitative estimate of drug-likeness (QED) is 0.292. The fourth-order valence-corrected chi connectivity index (χ4v) is 2.50. The van der Waals surface area contributed by atoms with E-state index >= 15 is 0 Å². The summed E-state index contributed by atoms with van der Waals surface area (Å²) < 4.78 is 14.3. The van der Waals surface area contributed by atoms with Crippen molar-refractivity contribution in [2.24, 2.45) is 5.90 Å². The standard InChI is InChI=1S/C6H12Br4NO4P/c7-1-5(9)3-13-16(12,15-11)14-4-6(10)2-8/h5-6H,1-4,11H2/q+1. The van der Waals surface area contributed by atoms with Crippen LogP contribution in [0.2, 0.25) is 0 Å². The van der Waals surface area contributed by atoms with Gasteiger partial charge in [-0.25, -0.2) is 0 Å². The molecular formula is C6H12Br4NO4P+. The van der Waals surface area contributed by atoms with Gasteiger partial charge in [0.15, 0.2) is 0 Å². The summed E-state index contributed by atoms with van der Waals surface area (Å²) in [6.45, 7) is 0.335. The van der Waals surface area contributed by atoms with E-state index < -0.39 is 8.17 Å². The Morgan fingerprint density at radius 1 is 1.06 bits per heavy atom. The Hall–Kier alpha value is 2.15. The molecule has 0 saturated carbocycles. The van der Waals surface area contributed by atoms with Crippen LogP contribution >= 0.6 is 71.9 Å². The summed E-state index contributed by atoms with van der Waals surface area (Å²) in [4.78, 5) is 11.8. The van der Waals surface area contributed by atoms with Crippen molar-refractivity contribution in [3.8, 4) is 0 Å². The molecule has 0 aromatic rings. The van der Waals surface area contributed by atoms with E-state index in [1.54, 1.807) is 0 Å². The summed E-state index contributed by atoms with van der Waals surface area (Å²) in [5, 5.41) is 1.31. The first-order valence-corrected chi connectivity index (χ1v) is 9.68. The van der Waals surface area contributed by atoms with Crippen LogP contribution in [0.3, 0.4) is 0 Å². The van der Waals surface area contributed by atoms with E-state index in [4.69, 9.17) is 14.9 Å². The molecule has 0 aliphatic heterocycles. The molecule has 16 heavy (non-hydrogen) atoms. The predicted molar refractivity (Wildman–Crippen MR) is 77.8 cm³/mol. The Balaban J connectivity index is 3.99. The lowest BCUT2D eigenvalue weighted by molar-refractivity contribution is 0.0647. The zero-order valence-electron chi connectivity index (χ0n) is 8.15. The fourth-order valence-electron chi connectivity index (χ4n) is 0.532. The van der Waals surface area contributed by atoms with Gasteiger partial charge in [-0.2, -0.15) is 5.90 Å². The number of rotatable bonds is 9. The third-order valence-electron chi connectivity index (χ3n) is 1.29. The highest BCUT2D eigenvalue weighted by Gasteiger charge is 2.49. The molecule has 10 heteroatoms. The maximum absolute atomic E-state index is 11.8. The molecule has 0 aliphatic rings. The topological polar surface area (TPSA) is 73.6 Å². The molecule has 0 aromatic heterocycles. The largest absolute Gasteiger partial charge is 0.628 e. The van der Waals surface area contributed by atoms with Crippen molar-refractivity contribution >= 4 is 71.9 Å².